The van der Waals surface area contributed by atoms with Gasteiger partial charge in [0.2, 0.25) is 0 Å². The number of nitrogens with two attached hydrogens (primary N) is 1. The topological polar surface area (TPSA) is 51.4 Å². The number of hydrogen-bond acceptors (Lipinski definition) is 4. The molecule has 21 heavy (non-hydrogen) atoms. The van der Waals surface area contributed by atoms with E-state index in [0.717, 1.165) is 17.9 Å². The van der Waals surface area contributed by atoms with Crippen LogP contribution in [0, 0.1) is 6.92 Å². The summed E-state index contributed by atoms with van der Waals surface area (Å²) in [5.74, 6) is 0.906. The minimum atomic E-state index is 0.142. The zero-order valence-electron chi connectivity index (χ0n) is 12.9. The van der Waals surface area contributed by atoms with Gasteiger partial charge < -0.3 is 10.5 Å². The minimum Gasteiger partial charge on any atom is -0.496 e. The van der Waals surface area contributed by atoms with E-state index in [-0.39, 0.29) is 6.04 Å². The maximum Gasteiger partial charge on any atom is 0.123 e. The van der Waals surface area contributed by atoms with Crippen LogP contribution in [0.25, 0.3) is 0 Å². The normalized spacial score (nSPS) is 12.4. The minimum absolute atomic E-state index is 0.142. The molecule has 1 atom stereocenters. The van der Waals surface area contributed by atoms with E-state index in [1.54, 1.807) is 7.11 Å². The second-order valence-corrected chi connectivity index (χ2v) is 5.21. The molecule has 2 rings (SSSR count). The Bertz CT molecular complexity index is 586. The molecule has 1 aromatic heterocycles. The van der Waals surface area contributed by atoms with Gasteiger partial charge in [-0.15, -0.1) is 0 Å². The molecule has 4 nitrogen and oxygen atoms in total. The molecule has 0 aliphatic heterocycles. The Balaban J connectivity index is 2.21. The highest BCUT2D eigenvalue weighted by atomic mass is 16.5. The number of aryl methyl sites for hydroxylation is 1. The molecule has 0 spiro atoms. The molecule has 1 unspecified atom stereocenters. The number of pyridine rings is 1. The summed E-state index contributed by atoms with van der Waals surface area (Å²) in [6.07, 6.45) is 3.72. The fourth-order valence-electron chi connectivity index (χ4n) is 2.58. The standard InChI is InChI=1S/C17H23N3O/c1-13-8-9-19-11-15(13)16(10-18)20(2)12-14-6-4-5-7-17(14)21-3/h4-9,11,16H,10,12,18H2,1-3H3. The summed E-state index contributed by atoms with van der Waals surface area (Å²) in [6, 6.07) is 10.2. The van der Waals surface area contributed by atoms with Crippen LogP contribution >= 0.6 is 0 Å². The van der Waals surface area contributed by atoms with Crippen molar-refractivity contribution in [3.05, 3.63) is 59.4 Å². The molecule has 0 aliphatic carbocycles. The van der Waals surface area contributed by atoms with Crippen molar-refractivity contribution in [1.82, 2.24) is 9.88 Å². The van der Waals surface area contributed by atoms with Gasteiger partial charge in [-0.2, -0.15) is 0 Å². The zero-order valence-corrected chi connectivity index (χ0v) is 12.9. The SMILES string of the molecule is COc1ccccc1CN(C)C(CN)c1cnccc1C. The largest absolute Gasteiger partial charge is 0.496 e. The van der Waals surface area contributed by atoms with Crippen LogP contribution < -0.4 is 10.5 Å². The molecule has 0 aliphatic rings. The van der Waals surface area contributed by atoms with Gasteiger partial charge in [-0.25, -0.2) is 0 Å². The summed E-state index contributed by atoms with van der Waals surface area (Å²) < 4.78 is 5.42. The summed E-state index contributed by atoms with van der Waals surface area (Å²) in [4.78, 5) is 6.47. The first-order valence-corrected chi connectivity index (χ1v) is 7.10. The molecule has 0 radical (unpaired) electrons. The predicted octanol–water partition coefficient (Wildman–Crippen LogP) is 2.53. The van der Waals surface area contributed by atoms with Crippen molar-refractivity contribution < 1.29 is 4.74 Å². The fourth-order valence-corrected chi connectivity index (χ4v) is 2.58. The number of benzene rings is 1. The number of methoxy groups -OCH3 is 1. The van der Waals surface area contributed by atoms with Crippen LogP contribution in [0.1, 0.15) is 22.7 Å². The van der Waals surface area contributed by atoms with E-state index in [9.17, 15) is 0 Å². The van der Waals surface area contributed by atoms with Gasteiger partial charge in [-0.1, -0.05) is 18.2 Å². The molecule has 2 aromatic rings. The Morgan fingerprint density at radius 2 is 2.05 bits per heavy atom. The van der Waals surface area contributed by atoms with E-state index in [1.807, 2.05) is 36.7 Å². The number of hydrogen-bond donors (Lipinski definition) is 1. The van der Waals surface area contributed by atoms with Crippen molar-refractivity contribution in [2.24, 2.45) is 5.73 Å². The molecule has 0 bridgehead atoms. The van der Waals surface area contributed by atoms with Crippen LogP contribution in [0.5, 0.6) is 5.75 Å². The summed E-state index contributed by atoms with van der Waals surface area (Å²) in [5.41, 5.74) is 9.55. The number of likely N-dealkylation sites (N-methyl/N-ethyl adjacent to an activating group) is 1. The summed E-state index contributed by atoms with van der Waals surface area (Å²) in [5, 5.41) is 0. The van der Waals surface area contributed by atoms with Gasteiger partial charge in [0.05, 0.1) is 7.11 Å². The van der Waals surface area contributed by atoms with Crippen molar-refractivity contribution in [2.75, 3.05) is 20.7 Å². The molecule has 1 heterocycles. The Labute approximate surface area is 126 Å². The first kappa shape index (κ1) is 15.5. The predicted molar refractivity (Wildman–Crippen MR) is 85.2 cm³/mol. The lowest BCUT2D eigenvalue weighted by atomic mass is 10.0. The maximum absolute atomic E-state index is 6.00. The van der Waals surface area contributed by atoms with Crippen LogP contribution in [-0.2, 0) is 6.54 Å². The Morgan fingerprint density at radius 3 is 2.71 bits per heavy atom. The van der Waals surface area contributed by atoms with Crippen LogP contribution in [-0.4, -0.2) is 30.6 Å². The Kier molecular flexibility index (Phi) is 5.31. The number of ether oxygens (including phenoxy) is 1. The van der Waals surface area contributed by atoms with Gasteiger partial charge in [0, 0.05) is 37.1 Å². The van der Waals surface area contributed by atoms with Crippen LogP contribution in [0.2, 0.25) is 0 Å². The van der Waals surface area contributed by atoms with E-state index in [1.165, 1.54) is 11.1 Å². The molecule has 112 valence electrons. The van der Waals surface area contributed by atoms with E-state index in [0.29, 0.717) is 6.54 Å². The van der Waals surface area contributed by atoms with E-state index in [4.69, 9.17) is 10.5 Å². The molecule has 4 heteroatoms. The average molecular weight is 285 g/mol. The molecular formula is C17H23N3O. The third-order valence-electron chi connectivity index (χ3n) is 3.81. The fraction of sp³-hybridized carbons (Fsp3) is 0.353. The second-order valence-electron chi connectivity index (χ2n) is 5.21. The van der Waals surface area contributed by atoms with E-state index < -0.39 is 0 Å². The first-order valence-electron chi connectivity index (χ1n) is 7.10. The summed E-state index contributed by atoms with van der Waals surface area (Å²) >= 11 is 0. The molecule has 1 aromatic carbocycles. The van der Waals surface area contributed by atoms with Gasteiger partial charge in [0.25, 0.3) is 0 Å². The van der Waals surface area contributed by atoms with Gasteiger partial charge in [-0.3, -0.25) is 9.88 Å². The van der Waals surface area contributed by atoms with Gasteiger partial charge in [-0.05, 0) is 37.2 Å². The average Bonchev–Trinajstić information content (AvgIpc) is 2.50. The van der Waals surface area contributed by atoms with Crippen molar-refractivity contribution in [3.8, 4) is 5.75 Å². The van der Waals surface area contributed by atoms with Crippen LogP contribution in [0.15, 0.2) is 42.7 Å². The lowest BCUT2D eigenvalue weighted by molar-refractivity contribution is 0.237. The lowest BCUT2D eigenvalue weighted by Crippen LogP contribution is -2.31. The number of rotatable bonds is 6. The van der Waals surface area contributed by atoms with Crippen molar-refractivity contribution in [1.29, 1.82) is 0 Å². The molecule has 2 N–H and O–H groups in total. The second kappa shape index (κ2) is 7.20. The number of nitrogens with zero attached hydrogens (tertiary/aromatic N) is 2. The van der Waals surface area contributed by atoms with E-state index in [2.05, 4.69) is 29.9 Å². The van der Waals surface area contributed by atoms with Crippen LogP contribution in [0.3, 0.4) is 0 Å². The number of para-hydroxylation sites is 1. The highest BCUT2D eigenvalue weighted by Crippen LogP contribution is 2.25. The third-order valence-corrected chi connectivity index (χ3v) is 3.81. The smallest absolute Gasteiger partial charge is 0.123 e. The Morgan fingerprint density at radius 1 is 1.29 bits per heavy atom. The summed E-state index contributed by atoms with van der Waals surface area (Å²) in [7, 11) is 3.78. The summed E-state index contributed by atoms with van der Waals surface area (Å²) in [6.45, 7) is 3.43. The quantitative estimate of drug-likeness (QED) is 0.886. The van der Waals surface area contributed by atoms with Crippen molar-refractivity contribution in [3.63, 3.8) is 0 Å². The molecule has 0 fully saturated rings. The van der Waals surface area contributed by atoms with Gasteiger partial charge >= 0.3 is 0 Å². The molecule has 0 amide bonds. The Hall–Kier alpha value is -1.91. The first-order chi connectivity index (χ1) is 10.2. The highest BCUT2D eigenvalue weighted by molar-refractivity contribution is 5.33. The van der Waals surface area contributed by atoms with E-state index >= 15 is 0 Å². The molecule has 0 saturated heterocycles. The highest BCUT2D eigenvalue weighted by Gasteiger charge is 2.18. The third kappa shape index (κ3) is 3.60. The molecular weight excluding hydrogens is 262 g/mol. The zero-order chi connectivity index (χ0) is 15.2. The van der Waals surface area contributed by atoms with Crippen molar-refractivity contribution in [2.45, 2.75) is 19.5 Å². The molecule has 0 saturated carbocycles. The van der Waals surface area contributed by atoms with Gasteiger partial charge in [0.1, 0.15) is 5.75 Å². The van der Waals surface area contributed by atoms with Crippen LogP contribution in [0.4, 0.5) is 0 Å². The monoisotopic (exact) mass is 285 g/mol. The number of aromatic nitrogens is 1. The van der Waals surface area contributed by atoms with Gasteiger partial charge in [0.15, 0.2) is 0 Å². The lowest BCUT2D eigenvalue weighted by Gasteiger charge is -2.28. The maximum atomic E-state index is 6.00. The van der Waals surface area contributed by atoms with Crippen molar-refractivity contribution >= 4 is 0 Å².